The van der Waals surface area contributed by atoms with Gasteiger partial charge in [-0.05, 0) is 77.9 Å². The van der Waals surface area contributed by atoms with Crippen LogP contribution in [0.15, 0.2) is 30.3 Å². The van der Waals surface area contributed by atoms with Crippen molar-refractivity contribution in [2.24, 2.45) is 17.1 Å². The molecule has 6 nitrogen and oxygen atoms in total. The summed E-state index contributed by atoms with van der Waals surface area (Å²) in [7, 11) is 4.26. The second kappa shape index (κ2) is 9.38. The molecular formula is C25H39FN4O2. The highest BCUT2D eigenvalue weighted by molar-refractivity contribution is 5.81. The Labute approximate surface area is 191 Å². The summed E-state index contributed by atoms with van der Waals surface area (Å²) in [5.41, 5.74) is 4.78. The molecule has 0 aliphatic heterocycles. The first-order chi connectivity index (χ1) is 15.0. The number of carbonyl (C=O) groups excluding carboxylic acids is 2. The fourth-order valence-electron chi connectivity index (χ4n) is 4.82. The van der Waals surface area contributed by atoms with Gasteiger partial charge in [0.2, 0.25) is 5.91 Å². The molecule has 0 bridgehead atoms. The lowest BCUT2D eigenvalue weighted by Crippen LogP contribution is -2.52. The summed E-state index contributed by atoms with van der Waals surface area (Å²) < 4.78 is 14.1. The first-order valence-electron chi connectivity index (χ1n) is 11.7. The molecule has 3 N–H and O–H groups in total. The average Bonchev–Trinajstić information content (AvgIpc) is 3.50. The maximum Gasteiger partial charge on any atom is 0.317 e. The molecule has 3 amide bonds. The maximum atomic E-state index is 14.1. The molecule has 0 saturated heterocycles. The van der Waals surface area contributed by atoms with Crippen molar-refractivity contribution in [1.82, 2.24) is 15.1 Å². The third-order valence-electron chi connectivity index (χ3n) is 7.47. The van der Waals surface area contributed by atoms with E-state index < -0.39 is 17.0 Å². The van der Waals surface area contributed by atoms with Gasteiger partial charge >= 0.3 is 6.03 Å². The van der Waals surface area contributed by atoms with Crippen molar-refractivity contribution >= 4 is 11.9 Å². The minimum atomic E-state index is -1.26. The molecule has 0 spiro atoms. The lowest BCUT2D eigenvalue weighted by atomic mass is 9.71. The number of amides is 3. The van der Waals surface area contributed by atoms with Gasteiger partial charge in [-0.25, -0.2) is 9.18 Å². The van der Waals surface area contributed by atoms with Gasteiger partial charge in [0, 0.05) is 18.6 Å². The quantitative estimate of drug-likeness (QED) is 0.608. The van der Waals surface area contributed by atoms with E-state index in [-0.39, 0.29) is 24.7 Å². The predicted molar refractivity (Wildman–Crippen MR) is 125 cm³/mol. The van der Waals surface area contributed by atoms with Crippen LogP contribution in [0.2, 0.25) is 0 Å². The molecule has 2 aliphatic rings. The smallest absolute Gasteiger partial charge is 0.317 e. The molecule has 0 unspecified atom stereocenters. The van der Waals surface area contributed by atoms with Crippen molar-refractivity contribution in [2.75, 3.05) is 33.7 Å². The number of benzene rings is 1. The van der Waals surface area contributed by atoms with E-state index in [0.29, 0.717) is 25.3 Å². The molecule has 178 valence electrons. The number of carbonyl (C=O) groups is 2. The van der Waals surface area contributed by atoms with E-state index in [1.54, 1.807) is 18.7 Å². The number of halogens is 1. The number of urea groups is 1. The van der Waals surface area contributed by atoms with Crippen LogP contribution in [0.5, 0.6) is 0 Å². The van der Waals surface area contributed by atoms with Crippen LogP contribution in [0.4, 0.5) is 9.18 Å². The Hall–Kier alpha value is -2.15. The molecule has 0 heterocycles. The second-order valence-electron chi connectivity index (χ2n) is 10.7. The summed E-state index contributed by atoms with van der Waals surface area (Å²) in [4.78, 5) is 28.8. The first kappa shape index (κ1) is 24.5. The molecular weight excluding hydrogens is 407 g/mol. The Balaban J connectivity index is 1.68. The molecule has 3 rings (SSSR count). The van der Waals surface area contributed by atoms with Crippen LogP contribution >= 0.6 is 0 Å². The van der Waals surface area contributed by atoms with E-state index in [2.05, 4.69) is 48.6 Å². The summed E-state index contributed by atoms with van der Waals surface area (Å²) in [6, 6.07) is 10.3. The fraction of sp³-hybridized carbons (Fsp3) is 0.680. The number of hydrogen-bond acceptors (Lipinski definition) is 3. The largest absolute Gasteiger partial charge is 0.369 e. The molecule has 0 aromatic heterocycles. The highest BCUT2D eigenvalue weighted by atomic mass is 19.1. The SMILES string of the molecule is CN(C)C1(c2ccccc2)CCC(CN(CC(C)(C)C(N)=O)C(=O)NCC2(F)CC2)CC1. The number of primary amides is 1. The minimum Gasteiger partial charge on any atom is -0.369 e. The normalized spacial score (nSPS) is 24.8. The van der Waals surface area contributed by atoms with Gasteiger partial charge in [-0.1, -0.05) is 30.3 Å². The van der Waals surface area contributed by atoms with E-state index in [0.717, 1.165) is 25.7 Å². The summed E-state index contributed by atoms with van der Waals surface area (Å²) >= 11 is 0. The third-order valence-corrected chi connectivity index (χ3v) is 7.47. The Morgan fingerprint density at radius 3 is 2.22 bits per heavy atom. The van der Waals surface area contributed by atoms with Gasteiger partial charge in [-0.15, -0.1) is 0 Å². The third kappa shape index (κ3) is 5.61. The number of nitrogens with zero attached hydrogens (tertiary/aromatic N) is 2. The predicted octanol–water partition coefficient (Wildman–Crippen LogP) is 3.66. The zero-order valence-corrected chi connectivity index (χ0v) is 20.0. The van der Waals surface area contributed by atoms with Crippen LogP contribution < -0.4 is 11.1 Å². The monoisotopic (exact) mass is 446 g/mol. The number of hydrogen-bond donors (Lipinski definition) is 2. The van der Waals surface area contributed by atoms with Gasteiger partial charge in [0.1, 0.15) is 5.67 Å². The van der Waals surface area contributed by atoms with Gasteiger partial charge in [0.05, 0.1) is 12.0 Å². The van der Waals surface area contributed by atoms with Crippen LogP contribution in [0.3, 0.4) is 0 Å². The Bertz CT molecular complexity index is 799. The number of alkyl halides is 1. The van der Waals surface area contributed by atoms with E-state index >= 15 is 0 Å². The molecule has 1 aromatic carbocycles. The van der Waals surface area contributed by atoms with Gasteiger partial charge in [0.25, 0.3) is 0 Å². The van der Waals surface area contributed by atoms with E-state index in [1.165, 1.54) is 5.56 Å². The number of nitrogens with one attached hydrogen (secondary N) is 1. The maximum absolute atomic E-state index is 14.1. The molecule has 0 atom stereocenters. The van der Waals surface area contributed by atoms with Crippen molar-refractivity contribution in [3.63, 3.8) is 0 Å². The fourth-order valence-corrected chi connectivity index (χ4v) is 4.82. The first-order valence-corrected chi connectivity index (χ1v) is 11.7. The average molecular weight is 447 g/mol. The van der Waals surface area contributed by atoms with Crippen molar-refractivity contribution in [3.05, 3.63) is 35.9 Å². The van der Waals surface area contributed by atoms with Crippen molar-refractivity contribution < 1.29 is 14.0 Å². The zero-order chi connectivity index (χ0) is 23.6. The van der Waals surface area contributed by atoms with Crippen molar-refractivity contribution in [1.29, 1.82) is 0 Å². The lowest BCUT2D eigenvalue weighted by Gasteiger charge is -2.46. The highest BCUT2D eigenvalue weighted by Gasteiger charge is 2.44. The summed E-state index contributed by atoms with van der Waals surface area (Å²) in [6.45, 7) is 4.30. The minimum absolute atomic E-state index is 0.00999. The molecule has 2 saturated carbocycles. The lowest BCUT2D eigenvalue weighted by molar-refractivity contribution is -0.126. The highest BCUT2D eigenvalue weighted by Crippen LogP contribution is 2.43. The van der Waals surface area contributed by atoms with E-state index in [1.807, 2.05) is 6.07 Å². The molecule has 7 heteroatoms. The molecule has 2 aliphatic carbocycles. The van der Waals surface area contributed by atoms with Gasteiger partial charge in [0.15, 0.2) is 0 Å². The van der Waals surface area contributed by atoms with Crippen LogP contribution in [-0.4, -0.2) is 61.1 Å². The van der Waals surface area contributed by atoms with Crippen molar-refractivity contribution in [3.8, 4) is 0 Å². The molecule has 2 fully saturated rings. The molecule has 0 radical (unpaired) electrons. The molecule has 32 heavy (non-hydrogen) atoms. The Morgan fingerprint density at radius 1 is 1.12 bits per heavy atom. The van der Waals surface area contributed by atoms with Crippen molar-refractivity contribution in [2.45, 2.75) is 63.6 Å². The summed E-state index contributed by atoms with van der Waals surface area (Å²) in [5, 5.41) is 2.75. The van der Waals surface area contributed by atoms with Gasteiger partial charge < -0.3 is 16.0 Å². The number of rotatable bonds is 9. The molecule has 1 aromatic rings. The standard InChI is InChI=1S/C25H39FN4O2/c1-23(2,21(27)31)18-30(22(32)28-17-24(26)14-15-24)16-19-10-12-25(13-11-19,29(3)4)20-8-6-5-7-9-20/h5-9,19H,10-18H2,1-4H3,(H2,27,31)(H,28,32). The van der Waals surface area contributed by atoms with E-state index in [9.17, 15) is 14.0 Å². The topological polar surface area (TPSA) is 78.7 Å². The Morgan fingerprint density at radius 2 is 1.72 bits per heavy atom. The van der Waals surface area contributed by atoms with Crippen LogP contribution in [0, 0.1) is 11.3 Å². The van der Waals surface area contributed by atoms with Gasteiger partial charge in [-0.3, -0.25) is 9.69 Å². The summed E-state index contributed by atoms with van der Waals surface area (Å²) in [5.74, 6) is -0.125. The van der Waals surface area contributed by atoms with Crippen LogP contribution in [-0.2, 0) is 10.3 Å². The van der Waals surface area contributed by atoms with Crippen LogP contribution in [0.25, 0.3) is 0 Å². The van der Waals surface area contributed by atoms with E-state index in [4.69, 9.17) is 5.73 Å². The van der Waals surface area contributed by atoms with Gasteiger partial charge in [-0.2, -0.15) is 0 Å². The second-order valence-corrected chi connectivity index (χ2v) is 10.7. The zero-order valence-electron chi connectivity index (χ0n) is 20.0. The summed E-state index contributed by atoms with van der Waals surface area (Å²) in [6.07, 6.45) is 4.93. The number of nitrogens with two attached hydrogens (primary N) is 1. The Kier molecular flexibility index (Phi) is 7.18. The van der Waals surface area contributed by atoms with Crippen LogP contribution in [0.1, 0.15) is 57.9 Å².